The standard InChI is InChI=1S/C18H22ClF3N2O4/c1-17(2,3)28-13(25)4-9-6-24(7-9)8-11-12(18(20,21)22)5-10(16(26)27)15(23)14(11)19/h5,9H,4,6-8,23H2,1-3H3,(H,26,27). The summed E-state index contributed by atoms with van der Waals surface area (Å²) in [5, 5.41) is 8.64. The normalized spacial score (nSPS) is 16.0. The number of nitrogens with zero attached hydrogens (tertiary/aromatic N) is 1. The van der Waals surface area contributed by atoms with Gasteiger partial charge in [-0.1, -0.05) is 11.6 Å². The Hall–Kier alpha value is -2.00. The van der Waals surface area contributed by atoms with Crippen LogP contribution in [0, 0.1) is 5.92 Å². The van der Waals surface area contributed by atoms with Crippen molar-refractivity contribution >= 4 is 29.2 Å². The minimum Gasteiger partial charge on any atom is -0.478 e. The number of carboxylic acids is 1. The molecule has 3 N–H and O–H groups in total. The highest BCUT2D eigenvalue weighted by atomic mass is 35.5. The minimum absolute atomic E-state index is 0.0291. The van der Waals surface area contributed by atoms with Crippen LogP contribution in [0.3, 0.4) is 0 Å². The number of benzene rings is 1. The number of carbonyl (C=O) groups excluding carboxylic acids is 1. The lowest BCUT2D eigenvalue weighted by molar-refractivity contribution is -0.157. The lowest BCUT2D eigenvalue weighted by atomic mass is 9.94. The molecular weight excluding hydrogens is 401 g/mol. The molecule has 0 aliphatic carbocycles. The Kier molecular flexibility index (Phi) is 6.20. The largest absolute Gasteiger partial charge is 0.478 e. The number of esters is 1. The second kappa shape index (κ2) is 7.79. The van der Waals surface area contributed by atoms with Gasteiger partial charge in [-0.3, -0.25) is 9.69 Å². The molecular formula is C18H22ClF3N2O4. The molecule has 10 heteroatoms. The summed E-state index contributed by atoms with van der Waals surface area (Å²) in [5.74, 6) is -1.97. The second-order valence-corrected chi connectivity index (χ2v) is 8.21. The maximum absolute atomic E-state index is 13.4. The van der Waals surface area contributed by atoms with Crippen LogP contribution in [0.5, 0.6) is 0 Å². The average molecular weight is 423 g/mol. The highest BCUT2D eigenvalue weighted by Crippen LogP contribution is 2.41. The van der Waals surface area contributed by atoms with Gasteiger partial charge < -0.3 is 15.6 Å². The molecule has 156 valence electrons. The molecule has 0 bridgehead atoms. The predicted molar refractivity (Wildman–Crippen MR) is 97.1 cm³/mol. The van der Waals surface area contributed by atoms with Crippen molar-refractivity contribution in [3.05, 3.63) is 27.8 Å². The summed E-state index contributed by atoms with van der Waals surface area (Å²) in [5.41, 5.74) is 2.54. The Bertz CT molecular complexity index is 785. The Morgan fingerprint density at radius 2 is 1.89 bits per heavy atom. The molecule has 28 heavy (non-hydrogen) atoms. The number of hydrogen-bond acceptors (Lipinski definition) is 5. The lowest BCUT2D eigenvalue weighted by Crippen LogP contribution is -2.47. The van der Waals surface area contributed by atoms with Crippen molar-refractivity contribution in [2.24, 2.45) is 5.92 Å². The van der Waals surface area contributed by atoms with E-state index in [2.05, 4.69) is 0 Å². The molecule has 0 spiro atoms. The number of nitrogen functional groups attached to an aromatic ring is 1. The number of hydrogen-bond donors (Lipinski definition) is 2. The fourth-order valence-electron chi connectivity index (χ4n) is 3.07. The van der Waals surface area contributed by atoms with Gasteiger partial charge in [0, 0.05) is 19.6 Å². The van der Waals surface area contributed by atoms with E-state index in [0.29, 0.717) is 19.2 Å². The summed E-state index contributed by atoms with van der Waals surface area (Å²) < 4.78 is 45.5. The molecule has 0 aromatic heterocycles. The Labute approximate surface area is 165 Å². The van der Waals surface area contributed by atoms with Crippen molar-refractivity contribution in [3.8, 4) is 0 Å². The van der Waals surface area contributed by atoms with Crippen LogP contribution in [0.4, 0.5) is 18.9 Å². The van der Waals surface area contributed by atoms with Crippen molar-refractivity contribution < 1.29 is 32.6 Å². The number of ether oxygens (including phenoxy) is 1. The molecule has 0 radical (unpaired) electrons. The number of halogens is 4. The molecule has 1 aliphatic heterocycles. The maximum Gasteiger partial charge on any atom is 0.416 e. The fraction of sp³-hybridized carbons (Fsp3) is 0.556. The van der Waals surface area contributed by atoms with E-state index < -0.39 is 39.6 Å². The highest BCUT2D eigenvalue weighted by molar-refractivity contribution is 6.34. The zero-order chi connectivity index (χ0) is 21.4. The number of alkyl halides is 3. The van der Waals surface area contributed by atoms with Crippen LogP contribution in [0.25, 0.3) is 0 Å². The number of anilines is 1. The Morgan fingerprint density at radius 1 is 1.32 bits per heavy atom. The van der Waals surface area contributed by atoms with Crippen LogP contribution in [0.15, 0.2) is 6.07 Å². The summed E-state index contributed by atoms with van der Waals surface area (Å²) in [6, 6.07) is 0.511. The average Bonchev–Trinajstić information content (AvgIpc) is 2.45. The first-order chi connectivity index (χ1) is 12.7. The quantitative estimate of drug-likeness (QED) is 0.553. The molecule has 0 unspecified atom stereocenters. The number of carboxylic acid groups (broad SMARTS) is 1. The van der Waals surface area contributed by atoms with Crippen LogP contribution in [-0.2, 0) is 22.3 Å². The summed E-state index contributed by atoms with van der Waals surface area (Å²) in [7, 11) is 0. The smallest absolute Gasteiger partial charge is 0.416 e. The lowest BCUT2D eigenvalue weighted by Gasteiger charge is -2.39. The van der Waals surface area contributed by atoms with Crippen molar-refractivity contribution in [1.29, 1.82) is 0 Å². The molecule has 2 rings (SSSR count). The summed E-state index contributed by atoms with van der Waals surface area (Å²) in [4.78, 5) is 24.7. The van der Waals surface area contributed by atoms with Gasteiger partial charge in [0.15, 0.2) is 0 Å². The van der Waals surface area contributed by atoms with E-state index in [1.165, 1.54) is 0 Å². The zero-order valence-electron chi connectivity index (χ0n) is 15.7. The first kappa shape index (κ1) is 22.3. The first-order valence-electron chi connectivity index (χ1n) is 8.54. The molecule has 0 amide bonds. The van der Waals surface area contributed by atoms with Crippen LogP contribution < -0.4 is 5.73 Å². The zero-order valence-corrected chi connectivity index (χ0v) is 16.4. The van der Waals surface area contributed by atoms with Crippen LogP contribution in [0.2, 0.25) is 5.02 Å². The Morgan fingerprint density at radius 3 is 2.36 bits per heavy atom. The fourth-order valence-corrected chi connectivity index (χ4v) is 3.33. The third-order valence-corrected chi connectivity index (χ3v) is 4.66. The van der Waals surface area contributed by atoms with Gasteiger partial charge in [-0.15, -0.1) is 0 Å². The predicted octanol–water partition coefficient (Wildman–Crippen LogP) is 3.80. The number of aromatic carboxylic acids is 1. The molecule has 0 saturated carbocycles. The molecule has 1 fully saturated rings. The third kappa shape index (κ3) is 5.29. The van der Waals surface area contributed by atoms with Crippen molar-refractivity contribution in [1.82, 2.24) is 4.90 Å². The van der Waals surface area contributed by atoms with E-state index in [4.69, 9.17) is 27.2 Å². The van der Waals surface area contributed by atoms with Crippen molar-refractivity contribution in [2.75, 3.05) is 18.8 Å². The van der Waals surface area contributed by atoms with Crippen molar-refractivity contribution in [3.63, 3.8) is 0 Å². The van der Waals surface area contributed by atoms with E-state index in [0.717, 1.165) is 0 Å². The van der Waals surface area contributed by atoms with E-state index in [1.807, 2.05) is 0 Å². The molecule has 1 saturated heterocycles. The van der Waals surface area contributed by atoms with Gasteiger partial charge in [-0.25, -0.2) is 4.79 Å². The molecule has 0 atom stereocenters. The van der Waals surface area contributed by atoms with Gasteiger partial charge in [0.2, 0.25) is 0 Å². The summed E-state index contributed by atoms with van der Waals surface area (Å²) in [6.07, 6.45) is -4.61. The van der Waals surface area contributed by atoms with Gasteiger partial charge in [-0.05, 0) is 38.3 Å². The van der Waals surface area contributed by atoms with Crippen molar-refractivity contribution in [2.45, 2.75) is 45.5 Å². The number of rotatable bonds is 5. The van der Waals surface area contributed by atoms with Crippen LogP contribution in [-0.4, -0.2) is 40.6 Å². The van der Waals surface area contributed by atoms with E-state index in [9.17, 15) is 22.8 Å². The summed E-state index contributed by atoms with van der Waals surface area (Å²) >= 11 is 5.98. The van der Waals surface area contributed by atoms with Gasteiger partial charge in [0.25, 0.3) is 0 Å². The SMILES string of the molecule is CC(C)(C)OC(=O)CC1CN(Cc2c(C(F)(F)F)cc(C(=O)O)c(N)c2Cl)C1. The number of carbonyl (C=O) groups is 2. The molecule has 1 aromatic rings. The minimum atomic E-state index is -4.78. The van der Waals surface area contributed by atoms with Gasteiger partial charge >= 0.3 is 18.1 Å². The third-order valence-electron chi connectivity index (χ3n) is 4.23. The Balaban J connectivity index is 2.12. The van der Waals surface area contributed by atoms with E-state index in [1.54, 1.807) is 25.7 Å². The van der Waals surface area contributed by atoms with Crippen LogP contribution in [0.1, 0.15) is 48.7 Å². The molecule has 1 aliphatic rings. The van der Waals surface area contributed by atoms with Gasteiger partial charge in [0.05, 0.1) is 28.3 Å². The van der Waals surface area contributed by atoms with E-state index in [-0.39, 0.29) is 30.4 Å². The van der Waals surface area contributed by atoms with Gasteiger partial charge in [0.1, 0.15) is 5.60 Å². The molecule has 1 aromatic carbocycles. The second-order valence-electron chi connectivity index (χ2n) is 7.83. The molecule has 6 nitrogen and oxygen atoms in total. The monoisotopic (exact) mass is 422 g/mol. The van der Waals surface area contributed by atoms with E-state index >= 15 is 0 Å². The van der Waals surface area contributed by atoms with Crippen LogP contribution >= 0.6 is 11.6 Å². The number of nitrogens with two attached hydrogens (primary N) is 1. The summed E-state index contributed by atoms with van der Waals surface area (Å²) in [6.45, 7) is 5.90. The topological polar surface area (TPSA) is 92.9 Å². The molecule has 1 heterocycles. The van der Waals surface area contributed by atoms with Gasteiger partial charge in [-0.2, -0.15) is 13.2 Å². The first-order valence-corrected chi connectivity index (χ1v) is 8.92. The maximum atomic E-state index is 13.4. The number of likely N-dealkylation sites (tertiary alicyclic amines) is 1. The highest BCUT2D eigenvalue weighted by Gasteiger charge is 2.38.